The van der Waals surface area contributed by atoms with Gasteiger partial charge in [-0.05, 0) is 37.0 Å². The molecule has 3 rings (SSSR count). The Morgan fingerprint density at radius 3 is 2.52 bits per heavy atom. The molecule has 7 nitrogen and oxygen atoms in total. The summed E-state index contributed by atoms with van der Waals surface area (Å²) in [4.78, 5) is 51.9. The SMILES string of the molecule is CCCCN1C(=O)c2ccc(C(=O)N3CCC(C(=O)O)C(C)C3)cc2C1=O. The Kier molecular flexibility index (Phi) is 5.30. The minimum absolute atomic E-state index is 0.137. The number of hydrogen-bond acceptors (Lipinski definition) is 4. The lowest BCUT2D eigenvalue weighted by atomic mass is 9.86. The minimum Gasteiger partial charge on any atom is -0.481 e. The van der Waals surface area contributed by atoms with E-state index in [0.29, 0.717) is 37.2 Å². The van der Waals surface area contributed by atoms with Gasteiger partial charge in [0.15, 0.2) is 0 Å². The average Bonchev–Trinajstić information content (AvgIpc) is 2.89. The van der Waals surface area contributed by atoms with E-state index in [0.717, 1.165) is 12.8 Å². The molecule has 2 aliphatic rings. The molecule has 7 heteroatoms. The normalized spacial score (nSPS) is 22.1. The number of nitrogens with zero attached hydrogens (tertiary/aromatic N) is 2. The summed E-state index contributed by atoms with van der Waals surface area (Å²) in [5, 5.41) is 9.22. The van der Waals surface area contributed by atoms with Gasteiger partial charge in [0.05, 0.1) is 17.0 Å². The highest BCUT2D eigenvalue weighted by molar-refractivity contribution is 6.22. The molecule has 0 saturated carbocycles. The lowest BCUT2D eigenvalue weighted by molar-refractivity contribution is -0.145. The van der Waals surface area contributed by atoms with Crippen molar-refractivity contribution in [1.82, 2.24) is 9.80 Å². The maximum absolute atomic E-state index is 12.8. The molecule has 2 atom stereocenters. The van der Waals surface area contributed by atoms with Crippen LogP contribution in [0.5, 0.6) is 0 Å². The zero-order valence-corrected chi connectivity index (χ0v) is 15.6. The van der Waals surface area contributed by atoms with Crippen molar-refractivity contribution < 1.29 is 24.3 Å². The number of hydrogen-bond donors (Lipinski definition) is 1. The minimum atomic E-state index is -0.830. The highest BCUT2D eigenvalue weighted by Gasteiger charge is 2.37. The molecule has 1 N–H and O–H groups in total. The van der Waals surface area contributed by atoms with Gasteiger partial charge in [-0.3, -0.25) is 24.1 Å². The van der Waals surface area contributed by atoms with Crippen LogP contribution >= 0.6 is 0 Å². The Morgan fingerprint density at radius 2 is 1.89 bits per heavy atom. The van der Waals surface area contributed by atoms with E-state index in [4.69, 9.17) is 0 Å². The molecule has 1 aromatic carbocycles. The first kappa shape index (κ1) is 19.1. The number of rotatable bonds is 5. The van der Waals surface area contributed by atoms with E-state index in [-0.39, 0.29) is 29.2 Å². The zero-order valence-electron chi connectivity index (χ0n) is 15.6. The van der Waals surface area contributed by atoms with Gasteiger partial charge in [0.2, 0.25) is 0 Å². The van der Waals surface area contributed by atoms with Crippen LogP contribution in [-0.4, -0.2) is 58.2 Å². The molecule has 1 aromatic rings. The highest BCUT2D eigenvalue weighted by atomic mass is 16.4. The number of imide groups is 1. The third-order valence-corrected chi connectivity index (χ3v) is 5.46. The summed E-state index contributed by atoms with van der Waals surface area (Å²) in [7, 11) is 0. The second-order valence-electron chi connectivity index (χ2n) is 7.34. The van der Waals surface area contributed by atoms with Crippen molar-refractivity contribution >= 4 is 23.7 Å². The summed E-state index contributed by atoms with van der Waals surface area (Å²) in [6.07, 6.45) is 2.03. The Bertz CT molecular complexity index is 804. The van der Waals surface area contributed by atoms with Crippen LogP contribution in [0.4, 0.5) is 0 Å². The Labute approximate surface area is 157 Å². The molecule has 1 fully saturated rings. The molecular formula is C20H24N2O5. The topological polar surface area (TPSA) is 95.0 Å². The average molecular weight is 372 g/mol. The van der Waals surface area contributed by atoms with Crippen LogP contribution in [0.15, 0.2) is 18.2 Å². The number of fused-ring (bicyclic) bond motifs is 1. The van der Waals surface area contributed by atoms with Gasteiger partial charge in [-0.1, -0.05) is 20.3 Å². The quantitative estimate of drug-likeness (QED) is 0.800. The number of carboxylic acids is 1. The van der Waals surface area contributed by atoms with Crippen LogP contribution in [0, 0.1) is 11.8 Å². The molecule has 0 bridgehead atoms. The number of piperidine rings is 1. The predicted molar refractivity (Wildman–Crippen MR) is 97.5 cm³/mol. The van der Waals surface area contributed by atoms with E-state index in [1.54, 1.807) is 17.0 Å². The zero-order chi connectivity index (χ0) is 19.7. The second-order valence-corrected chi connectivity index (χ2v) is 7.34. The summed E-state index contributed by atoms with van der Waals surface area (Å²) >= 11 is 0. The Balaban J connectivity index is 1.78. The molecule has 0 aromatic heterocycles. The predicted octanol–water partition coefficient (Wildman–Crippen LogP) is 2.27. The second kappa shape index (κ2) is 7.50. The lowest BCUT2D eigenvalue weighted by Crippen LogP contribution is -2.45. The summed E-state index contributed by atoms with van der Waals surface area (Å²) in [5.41, 5.74) is 0.967. The number of carboxylic acid groups (broad SMARTS) is 1. The maximum atomic E-state index is 12.8. The van der Waals surface area contributed by atoms with Crippen LogP contribution < -0.4 is 0 Å². The van der Waals surface area contributed by atoms with Crippen molar-refractivity contribution in [3.05, 3.63) is 34.9 Å². The maximum Gasteiger partial charge on any atom is 0.306 e. The van der Waals surface area contributed by atoms with E-state index in [2.05, 4.69) is 0 Å². The van der Waals surface area contributed by atoms with E-state index in [9.17, 15) is 24.3 Å². The highest BCUT2D eigenvalue weighted by Crippen LogP contribution is 2.27. The molecule has 27 heavy (non-hydrogen) atoms. The van der Waals surface area contributed by atoms with Crippen LogP contribution in [-0.2, 0) is 4.79 Å². The van der Waals surface area contributed by atoms with Crippen molar-refractivity contribution in [2.45, 2.75) is 33.1 Å². The van der Waals surface area contributed by atoms with Gasteiger partial charge in [-0.2, -0.15) is 0 Å². The number of amides is 3. The molecule has 0 radical (unpaired) electrons. The Hall–Kier alpha value is -2.70. The fraction of sp³-hybridized carbons (Fsp3) is 0.500. The van der Waals surface area contributed by atoms with Crippen molar-refractivity contribution in [3.63, 3.8) is 0 Å². The first-order valence-electron chi connectivity index (χ1n) is 9.37. The third kappa shape index (κ3) is 3.46. The van der Waals surface area contributed by atoms with Gasteiger partial charge < -0.3 is 10.0 Å². The number of aliphatic carboxylic acids is 1. The van der Waals surface area contributed by atoms with Gasteiger partial charge in [0.25, 0.3) is 17.7 Å². The van der Waals surface area contributed by atoms with Gasteiger partial charge >= 0.3 is 5.97 Å². The molecule has 2 unspecified atom stereocenters. The van der Waals surface area contributed by atoms with Crippen LogP contribution in [0.3, 0.4) is 0 Å². The molecular weight excluding hydrogens is 348 g/mol. The van der Waals surface area contributed by atoms with Crippen LogP contribution in [0.1, 0.15) is 64.2 Å². The number of likely N-dealkylation sites (tertiary alicyclic amines) is 1. The molecule has 2 heterocycles. The molecule has 0 spiro atoms. The largest absolute Gasteiger partial charge is 0.481 e. The number of carbonyl (C=O) groups is 4. The fourth-order valence-electron chi connectivity index (χ4n) is 3.82. The number of unbranched alkanes of at least 4 members (excludes halogenated alkanes) is 1. The molecule has 1 saturated heterocycles. The van der Waals surface area contributed by atoms with Crippen molar-refractivity contribution in [2.75, 3.05) is 19.6 Å². The van der Waals surface area contributed by atoms with E-state index in [1.807, 2.05) is 13.8 Å². The molecule has 2 aliphatic heterocycles. The molecule has 3 amide bonds. The van der Waals surface area contributed by atoms with Crippen molar-refractivity contribution in [2.24, 2.45) is 11.8 Å². The third-order valence-electron chi connectivity index (χ3n) is 5.46. The monoisotopic (exact) mass is 372 g/mol. The number of carbonyl (C=O) groups excluding carboxylic acids is 3. The first-order valence-corrected chi connectivity index (χ1v) is 9.37. The van der Waals surface area contributed by atoms with Crippen molar-refractivity contribution in [3.8, 4) is 0 Å². The Morgan fingerprint density at radius 1 is 1.19 bits per heavy atom. The summed E-state index contributed by atoms with van der Waals surface area (Å²) in [5.74, 6) is -2.30. The smallest absolute Gasteiger partial charge is 0.306 e. The lowest BCUT2D eigenvalue weighted by Gasteiger charge is -2.35. The van der Waals surface area contributed by atoms with Crippen LogP contribution in [0.25, 0.3) is 0 Å². The number of benzene rings is 1. The van der Waals surface area contributed by atoms with Gasteiger partial charge in [-0.25, -0.2) is 0 Å². The van der Waals surface area contributed by atoms with Gasteiger partial charge in [0, 0.05) is 25.2 Å². The van der Waals surface area contributed by atoms with Gasteiger partial charge in [-0.15, -0.1) is 0 Å². The first-order chi connectivity index (χ1) is 12.8. The summed E-state index contributed by atoms with van der Waals surface area (Å²) < 4.78 is 0. The summed E-state index contributed by atoms with van der Waals surface area (Å²) in [6, 6.07) is 4.61. The van der Waals surface area contributed by atoms with Gasteiger partial charge in [0.1, 0.15) is 0 Å². The van der Waals surface area contributed by atoms with Crippen LogP contribution in [0.2, 0.25) is 0 Å². The van der Waals surface area contributed by atoms with E-state index < -0.39 is 11.9 Å². The van der Waals surface area contributed by atoms with E-state index in [1.165, 1.54) is 11.0 Å². The molecule has 144 valence electrons. The molecule has 0 aliphatic carbocycles. The van der Waals surface area contributed by atoms with Crippen molar-refractivity contribution in [1.29, 1.82) is 0 Å². The standard InChI is InChI=1S/C20H24N2O5/c1-3-4-8-22-18(24)15-6-5-13(10-16(15)19(22)25)17(23)21-9-7-14(20(26)27)12(2)11-21/h5-6,10,12,14H,3-4,7-9,11H2,1-2H3,(H,26,27). The van der Waals surface area contributed by atoms with E-state index >= 15 is 0 Å². The summed E-state index contributed by atoms with van der Waals surface area (Å²) in [6.45, 7) is 4.93. The fourth-order valence-corrected chi connectivity index (χ4v) is 3.82.